The molecule has 4 nitrogen and oxygen atoms in total. The third kappa shape index (κ3) is 0.495. The van der Waals surface area contributed by atoms with Crippen molar-refractivity contribution < 1.29 is 8.83 Å². The van der Waals surface area contributed by atoms with Crippen LogP contribution in [-0.2, 0) is 0 Å². The second-order valence-corrected chi connectivity index (χ2v) is 1.63. The van der Waals surface area contributed by atoms with E-state index in [1.807, 2.05) is 0 Å². The van der Waals surface area contributed by atoms with Crippen LogP contribution in [0.2, 0.25) is 0 Å². The van der Waals surface area contributed by atoms with Gasteiger partial charge in [-0.3, -0.25) is 4.98 Å². The van der Waals surface area contributed by atoms with E-state index in [9.17, 15) is 4.79 Å². The van der Waals surface area contributed by atoms with Gasteiger partial charge in [-0.15, -0.1) is 0 Å². The lowest BCUT2D eigenvalue weighted by atomic mass is 10.6. The normalized spacial score (nSPS) is 10.7. The Labute approximate surface area is 49.1 Å². The maximum atomic E-state index is 10.4. The summed E-state index contributed by atoms with van der Waals surface area (Å²) in [4.78, 5) is 12.7. The zero-order valence-electron chi connectivity index (χ0n) is 4.38. The highest BCUT2D eigenvalue weighted by Crippen LogP contribution is 2.08. The third-order valence-corrected chi connectivity index (χ3v) is 1.05. The summed E-state index contributed by atoms with van der Waals surface area (Å²) >= 11 is 0. The van der Waals surface area contributed by atoms with E-state index in [-0.39, 0.29) is 0 Å². The van der Waals surface area contributed by atoms with Gasteiger partial charge in [-0.05, 0) is 0 Å². The molecule has 2 heterocycles. The van der Waals surface area contributed by atoms with Crippen LogP contribution in [-0.4, -0.2) is 4.98 Å². The molecule has 0 atom stereocenters. The molecule has 0 aromatic carbocycles. The van der Waals surface area contributed by atoms with Gasteiger partial charge in [0.1, 0.15) is 0 Å². The molecule has 0 amide bonds. The molecule has 0 aliphatic heterocycles. The predicted molar refractivity (Wildman–Crippen MR) is 29.1 cm³/mol. The summed E-state index contributed by atoms with van der Waals surface area (Å²) in [6.45, 7) is 0. The number of fused-ring (bicyclic) bond motifs is 1. The van der Waals surface area contributed by atoms with Crippen LogP contribution in [0.5, 0.6) is 0 Å². The molecule has 0 aliphatic carbocycles. The van der Waals surface area contributed by atoms with E-state index in [2.05, 4.69) is 9.40 Å². The second-order valence-electron chi connectivity index (χ2n) is 1.63. The van der Waals surface area contributed by atoms with E-state index < -0.39 is 5.76 Å². The fraction of sp³-hybridized carbons (Fsp3) is 0. The van der Waals surface area contributed by atoms with Crippen LogP contribution in [0.3, 0.4) is 0 Å². The van der Waals surface area contributed by atoms with Gasteiger partial charge in [0.15, 0.2) is 5.58 Å². The van der Waals surface area contributed by atoms with Gasteiger partial charge in [-0.2, -0.15) is 0 Å². The number of hydrogen-bond donors (Lipinski definition) is 1. The Bertz CT molecular complexity index is 335. The van der Waals surface area contributed by atoms with Crippen molar-refractivity contribution in [3.63, 3.8) is 0 Å². The van der Waals surface area contributed by atoms with E-state index in [0.717, 1.165) is 0 Å². The highest BCUT2D eigenvalue weighted by Gasteiger charge is 2.00. The van der Waals surface area contributed by atoms with Gasteiger partial charge in [0, 0.05) is 6.07 Å². The Kier molecular flexibility index (Phi) is 0.631. The summed E-state index contributed by atoms with van der Waals surface area (Å²) in [5.74, 6) is -0.482. The molecule has 2 aromatic heterocycles. The van der Waals surface area contributed by atoms with Crippen LogP contribution in [0.4, 0.5) is 0 Å². The molecule has 2 rings (SSSR count). The van der Waals surface area contributed by atoms with Gasteiger partial charge in [-0.25, -0.2) is 4.79 Å². The monoisotopic (exact) mass is 125 g/mol. The van der Waals surface area contributed by atoms with E-state index in [4.69, 9.17) is 4.42 Å². The molecule has 2 aromatic rings. The lowest BCUT2D eigenvalue weighted by Crippen LogP contribution is -1.92. The Morgan fingerprint density at radius 2 is 2.44 bits per heavy atom. The number of H-pyrrole nitrogens is 1. The van der Waals surface area contributed by atoms with Crippen LogP contribution in [0.15, 0.2) is 26.0 Å². The molecule has 0 unspecified atom stereocenters. The first-order valence-electron chi connectivity index (χ1n) is 2.42. The molecule has 0 aliphatic rings. The molecule has 1 N–H and O–H groups in total. The molecule has 0 radical (unpaired) electrons. The topological polar surface area (TPSA) is 59.1 Å². The standard InChI is InChI=1S/C5H3NO3/c7-5-6-4-3(9-5)1-2-8-4/h1-2H,(H,6,7). The van der Waals surface area contributed by atoms with Gasteiger partial charge in [0.05, 0.1) is 6.26 Å². The summed E-state index contributed by atoms with van der Waals surface area (Å²) in [5, 5.41) is 0. The maximum Gasteiger partial charge on any atom is 0.419 e. The van der Waals surface area contributed by atoms with Crippen molar-refractivity contribution in [2.24, 2.45) is 0 Å². The minimum absolute atomic E-state index is 0.389. The zero-order chi connectivity index (χ0) is 6.27. The summed E-state index contributed by atoms with van der Waals surface area (Å²) in [6.07, 6.45) is 1.45. The molecule has 9 heavy (non-hydrogen) atoms. The number of rotatable bonds is 0. The van der Waals surface area contributed by atoms with Gasteiger partial charge in [0.2, 0.25) is 5.71 Å². The highest BCUT2D eigenvalue weighted by atomic mass is 16.4. The average Bonchev–Trinajstić information content (AvgIpc) is 2.22. The smallest absolute Gasteiger partial charge is 0.419 e. The first kappa shape index (κ1) is 4.43. The van der Waals surface area contributed by atoms with E-state index >= 15 is 0 Å². The van der Waals surface area contributed by atoms with E-state index in [1.54, 1.807) is 6.07 Å². The highest BCUT2D eigenvalue weighted by molar-refractivity contribution is 5.64. The van der Waals surface area contributed by atoms with Gasteiger partial charge < -0.3 is 8.83 Å². The molecule has 4 heteroatoms. The number of hydrogen-bond acceptors (Lipinski definition) is 3. The number of furan rings is 1. The largest absolute Gasteiger partial charge is 0.445 e. The van der Waals surface area contributed by atoms with E-state index in [0.29, 0.717) is 11.3 Å². The van der Waals surface area contributed by atoms with Crippen molar-refractivity contribution in [2.45, 2.75) is 0 Å². The summed E-state index contributed by atoms with van der Waals surface area (Å²) in [7, 11) is 0. The van der Waals surface area contributed by atoms with Crippen molar-refractivity contribution >= 4 is 11.3 Å². The SMILES string of the molecule is O=c1[nH]c2occc2o1. The predicted octanol–water partition coefficient (Wildman–Crippen LogP) is 0.714. The molecule has 0 spiro atoms. The van der Waals surface area contributed by atoms with Crippen molar-refractivity contribution in [1.82, 2.24) is 4.98 Å². The van der Waals surface area contributed by atoms with Crippen molar-refractivity contribution in [3.05, 3.63) is 22.9 Å². The summed E-state index contributed by atoms with van der Waals surface area (Å²) < 4.78 is 9.39. The first-order valence-corrected chi connectivity index (χ1v) is 2.42. The molecule has 46 valence electrons. The van der Waals surface area contributed by atoms with Crippen LogP contribution < -0.4 is 5.76 Å². The van der Waals surface area contributed by atoms with Crippen LogP contribution >= 0.6 is 0 Å². The maximum absolute atomic E-state index is 10.4. The lowest BCUT2D eigenvalue weighted by molar-refractivity contribution is 0.554. The second kappa shape index (κ2) is 1.28. The minimum Gasteiger partial charge on any atom is -0.445 e. The van der Waals surface area contributed by atoms with Crippen molar-refractivity contribution in [3.8, 4) is 0 Å². The number of nitrogens with one attached hydrogen (secondary N) is 1. The average molecular weight is 125 g/mol. The molecular weight excluding hydrogens is 122 g/mol. The van der Waals surface area contributed by atoms with Gasteiger partial charge in [-0.1, -0.05) is 0 Å². The van der Waals surface area contributed by atoms with E-state index in [1.165, 1.54) is 6.26 Å². The molecule has 0 fully saturated rings. The Balaban J connectivity index is 3.08. The summed E-state index contributed by atoms with van der Waals surface area (Å²) in [6, 6.07) is 1.58. The Morgan fingerprint density at radius 3 is 3.22 bits per heavy atom. The third-order valence-electron chi connectivity index (χ3n) is 1.05. The van der Waals surface area contributed by atoms with Crippen molar-refractivity contribution in [2.75, 3.05) is 0 Å². The summed E-state index contributed by atoms with van der Waals surface area (Å²) in [5.41, 5.74) is 0.847. The first-order chi connectivity index (χ1) is 4.36. The van der Waals surface area contributed by atoms with Crippen LogP contribution in [0, 0.1) is 0 Å². The fourth-order valence-electron chi connectivity index (χ4n) is 0.687. The van der Waals surface area contributed by atoms with Gasteiger partial charge in [0.25, 0.3) is 0 Å². The fourth-order valence-corrected chi connectivity index (χ4v) is 0.687. The number of oxazole rings is 1. The molecule has 0 saturated heterocycles. The molecular formula is C5H3NO3. The Hall–Kier alpha value is -1.45. The number of aromatic nitrogens is 1. The minimum atomic E-state index is -0.482. The van der Waals surface area contributed by atoms with Crippen LogP contribution in [0.25, 0.3) is 11.3 Å². The molecule has 0 saturated carbocycles. The Morgan fingerprint density at radius 1 is 1.56 bits per heavy atom. The van der Waals surface area contributed by atoms with Gasteiger partial charge >= 0.3 is 5.76 Å². The number of aromatic amines is 1. The lowest BCUT2D eigenvalue weighted by Gasteiger charge is -1.63. The van der Waals surface area contributed by atoms with Crippen molar-refractivity contribution in [1.29, 1.82) is 0 Å². The zero-order valence-corrected chi connectivity index (χ0v) is 4.38. The van der Waals surface area contributed by atoms with Crippen LogP contribution in [0.1, 0.15) is 0 Å². The molecule has 0 bridgehead atoms. The quantitative estimate of drug-likeness (QED) is 0.564.